The zero-order valence-electron chi connectivity index (χ0n) is 11.2. The second kappa shape index (κ2) is 7.45. The summed E-state index contributed by atoms with van der Waals surface area (Å²) in [6, 6.07) is 0. The van der Waals surface area contributed by atoms with E-state index in [4.69, 9.17) is 4.74 Å². The number of esters is 1. The van der Waals surface area contributed by atoms with Crippen molar-refractivity contribution in [3.63, 3.8) is 0 Å². The Morgan fingerprint density at radius 1 is 1.58 bits per heavy atom. The fourth-order valence-electron chi connectivity index (χ4n) is 2.02. The van der Waals surface area contributed by atoms with Gasteiger partial charge in [0.15, 0.2) is 5.13 Å². The van der Waals surface area contributed by atoms with E-state index in [0.717, 1.165) is 43.4 Å². The molecule has 5 nitrogen and oxygen atoms in total. The van der Waals surface area contributed by atoms with E-state index in [1.165, 1.54) is 7.11 Å². The molecule has 2 heterocycles. The van der Waals surface area contributed by atoms with Crippen molar-refractivity contribution in [2.75, 3.05) is 32.2 Å². The molecule has 0 spiro atoms. The summed E-state index contributed by atoms with van der Waals surface area (Å²) in [6.45, 7) is 2.69. The van der Waals surface area contributed by atoms with Gasteiger partial charge in [0, 0.05) is 31.6 Å². The molecule has 1 aliphatic rings. The van der Waals surface area contributed by atoms with Gasteiger partial charge in [0.2, 0.25) is 0 Å². The van der Waals surface area contributed by atoms with Crippen molar-refractivity contribution in [1.82, 2.24) is 4.98 Å². The van der Waals surface area contributed by atoms with Crippen LogP contribution in [0.25, 0.3) is 0 Å². The molecule has 0 unspecified atom stereocenters. The van der Waals surface area contributed by atoms with E-state index in [1.54, 1.807) is 11.3 Å². The highest BCUT2D eigenvalue weighted by molar-refractivity contribution is 7.13. The normalized spacial score (nSPS) is 16.3. The fourth-order valence-corrected chi connectivity index (χ4v) is 2.77. The van der Waals surface area contributed by atoms with Gasteiger partial charge in [0.1, 0.15) is 0 Å². The maximum absolute atomic E-state index is 11.1. The monoisotopic (exact) mass is 284 g/mol. The van der Waals surface area contributed by atoms with Crippen molar-refractivity contribution in [3.05, 3.63) is 11.1 Å². The summed E-state index contributed by atoms with van der Waals surface area (Å²) in [6.07, 6.45) is 3.27. The van der Waals surface area contributed by atoms with Crippen LogP contribution in [0.2, 0.25) is 0 Å². The van der Waals surface area contributed by atoms with Gasteiger partial charge in [-0.3, -0.25) is 4.79 Å². The molecule has 2 rings (SSSR count). The third kappa shape index (κ3) is 4.80. The number of hydrogen-bond donors (Lipinski definition) is 1. The maximum atomic E-state index is 11.1. The average Bonchev–Trinajstić information content (AvgIpc) is 2.91. The minimum Gasteiger partial charge on any atom is -0.469 e. The summed E-state index contributed by atoms with van der Waals surface area (Å²) in [7, 11) is 1.41. The van der Waals surface area contributed by atoms with Crippen molar-refractivity contribution in [2.24, 2.45) is 5.92 Å². The van der Waals surface area contributed by atoms with Crippen LogP contribution < -0.4 is 5.32 Å². The van der Waals surface area contributed by atoms with Crippen LogP contribution in [0.4, 0.5) is 5.13 Å². The molecule has 106 valence electrons. The number of aromatic nitrogens is 1. The Morgan fingerprint density at radius 3 is 3.11 bits per heavy atom. The molecular weight excluding hydrogens is 264 g/mol. The summed E-state index contributed by atoms with van der Waals surface area (Å²) >= 11 is 1.59. The molecule has 1 aliphatic heterocycles. The van der Waals surface area contributed by atoms with Gasteiger partial charge in [-0.2, -0.15) is 0 Å². The molecule has 1 aromatic heterocycles. The number of carbonyl (C=O) groups is 1. The van der Waals surface area contributed by atoms with Crippen molar-refractivity contribution in [2.45, 2.75) is 25.7 Å². The lowest BCUT2D eigenvalue weighted by Gasteiger charge is -2.21. The van der Waals surface area contributed by atoms with Crippen LogP contribution in [0.5, 0.6) is 0 Å². The first-order valence-electron chi connectivity index (χ1n) is 6.60. The van der Waals surface area contributed by atoms with Crippen molar-refractivity contribution < 1.29 is 14.3 Å². The summed E-state index contributed by atoms with van der Waals surface area (Å²) < 4.78 is 9.95. The Morgan fingerprint density at radius 2 is 2.37 bits per heavy atom. The second-order valence-corrected chi connectivity index (χ2v) is 5.51. The topological polar surface area (TPSA) is 60.5 Å². The number of carbonyl (C=O) groups excluding carboxylic acids is 1. The summed E-state index contributed by atoms with van der Waals surface area (Å²) in [5.41, 5.74) is 0.949. The number of anilines is 1. The summed E-state index contributed by atoms with van der Waals surface area (Å²) in [4.78, 5) is 15.5. The Hall–Kier alpha value is -1.14. The molecule has 1 saturated heterocycles. The van der Waals surface area contributed by atoms with Crippen LogP contribution in [-0.4, -0.2) is 37.8 Å². The van der Waals surface area contributed by atoms with E-state index in [1.807, 2.05) is 5.38 Å². The second-order valence-electron chi connectivity index (χ2n) is 4.66. The number of ether oxygens (including phenoxy) is 2. The van der Waals surface area contributed by atoms with Gasteiger partial charge >= 0.3 is 5.97 Å². The van der Waals surface area contributed by atoms with Crippen LogP contribution >= 0.6 is 11.3 Å². The predicted molar refractivity (Wildman–Crippen MR) is 74.5 cm³/mol. The van der Waals surface area contributed by atoms with E-state index >= 15 is 0 Å². The number of rotatable bonds is 6. The molecule has 19 heavy (non-hydrogen) atoms. The Balaban J connectivity index is 1.72. The van der Waals surface area contributed by atoms with E-state index in [9.17, 15) is 4.79 Å². The first kappa shape index (κ1) is 14.3. The molecule has 1 fully saturated rings. The highest BCUT2D eigenvalue weighted by atomic mass is 32.1. The number of methoxy groups -OCH3 is 1. The molecule has 6 heteroatoms. The molecular formula is C13H20N2O3S. The largest absolute Gasteiger partial charge is 0.469 e. The fraction of sp³-hybridized carbons (Fsp3) is 0.692. The van der Waals surface area contributed by atoms with Crippen molar-refractivity contribution in [3.8, 4) is 0 Å². The standard InChI is InChI=1S/C13H20N2O3S/c1-17-12(16)3-2-11-9-19-13(15-11)14-8-10-4-6-18-7-5-10/h9-10H,2-8H2,1H3,(H,14,15). The first-order chi connectivity index (χ1) is 9.28. The van der Waals surface area contributed by atoms with Crippen LogP contribution in [0, 0.1) is 5.92 Å². The number of thiazole rings is 1. The van der Waals surface area contributed by atoms with Gasteiger partial charge in [-0.05, 0) is 18.8 Å². The predicted octanol–water partition coefficient (Wildman–Crippen LogP) is 2.09. The smallest absolute Gasteiger partial charge is 0.305 e. The highest BCUT2D eigenvalue weighted by Crippen LogP contribution is 2.19. The summed E-state index contributed by atoms with van der Waals surface area (Å²) in [5, 5.41) is 6.30. The molecule has 0 radical (unpaired) electrons. The highest BCUT2D eigenvalue weighted by Gasteiger charge is 2.14. The Kier molecular flexibility index (Phi) is 5.60. The van der Waals surface area contributed by atoms with E-state index in [-0.39, 0.29) is 5.97 Å². The van der Waals surface area contributed by atoms with Gasteiger partial charge in [0.05, 0.1) is 19.2 Å². The zero-order chi connectivity index (χ0) is 13.5. The Labute approximate surface area is 117 Å². The SMILES string of the molecule is COC(=O)CCc1csc(NCC2CCOCC2)n1. The van der Waals surface area contributed by atoms with E-state index in [0.29, 0.717) is 18.8 Å². The lowest BCUT2D eigenvalue weighted by molar-refractivity contribution is -0.140. The third-order valence-corrected chi connectivity index (χ3v) is 4.10. The molecule has 0 aliphatic carbocycles. The molecule has 0 bridgehead atoms. The average molecular weight is 284 g/mol. The van der Waals surface area contributed by atoms with Crippen LogP contribution in [0.3, 0.4) is 0 Å². The molecule has 1 aromatic rings. The van der Waals surface area contributed by atoms with Gasteiger partial charge in [-0.25, -0.2) is 4.98 Å². The number of hydrogen-bond acceptors (Lipinski definition) is 6. The van der Waals surface area contributed by atoms with Crippen LogP contribution in [0.15, 0.2) is 5.38 Å². The quantitative estimate of drug-likeness (QED) is 0.811. The number of nitrogens with one attached hydrogen (secondary N) is 1. The van der Waals surface area contributed by atoms with Gasteiger partial charge in [0.25, 0.3) is 0 Å². The minimum absolute atomic E-state index is 0.190. The molecule has 0 aromatic carbocycles. The van der Waals surface area contributed by atoms with Crippen molar-refractivity contribution >= 4 is 22.4 Å². The lowest BCUT2D eigenvalue weighted by atomic mass is 10.0. The van der Waals surface area contributed by atoms with E-state index in [2.05, 4.69) is 15.0 Å². The zero-order valence-corrected chi connectivity index (χ0v) is 12.0. The van der Waals surface area contributed by atoms with Crippen LogP contribution in [0.1, 0.15) is 25.0 Å². The summed E-state index contributed by atoms with van der Waals surface area (Å²) in [5.74, 6) is 0.487. The third-order valence-electron chi connectivity index (χ3n) is 3.25. The minimum atomic E-state index is -0.190. The lowest BCUT2D eigenvalue weighted by Crippen LogP contribution is -2.22. The van der Waals surface area contributed by atoms with Crippen LogP contribution in [-0.2, 0) is 20.7 Å². The molecule has 0 saturated carbocycles. The molecule has 0 amide bonds. The maximum Gasteiger partial charge on any atom is 0.305 e. The number of aryl methyl sites for hydroxylation is 1. The van der Waals surface area contributed by atoms with Crippen molar-refractivity contribution in [1.29, 1.82) is 0 Å². The van der Waals surface area contributed by atoms with Gasteiger partial charge in [-0.15, -0.1) is 11.3 Å². The number of nitrogens with zero attached hydrogens (tertiary/aromatic N) is 1. The van der Waals surface area contributed by atoms with Gasteiger partial charge < -0.3 is 14.8 Å². The van der Waals surface area contributed by atoms with Gasteiger partial charge in [-0.1, -0.05) is 0 Å². The molecule has 0 atom stereocenters. The molecule has 1 N–H and O–H groups in total. The first-order valence-corrected chi connectivity index (χ1v) is 7.48. The Bertz CT molecular complexity index is 402. The van der Waals surface area contributed by atoms with E-state index < -0.39 is 0 Å².